The third-order valence-electron chi connectivity index (χ3n) is 5.48. The molecule has 0 spiro atoms. The fourth-order valence-corrected chi connectivity index (χ4v) is 4.31. The lowest BCUT2D eigenvalue weighted by Gasteiger charge is -2.35. The molecule has 1 aliphatic rings. The van der Waals surface area contributed by atoms with Crippen molar-refractivity contribution in [3.05, 3.63) is 65.5 Å². The van der Waals surface area contributed by atoms with Crippen molar-refractivity contribution < 1.29 is 40.8 Å². The molecule has 2 heterocycles. The van der Waals surface area contributed by atoms with E-state index in [-0.39, 0.29) is 16.1 Å². The van der Waals surface area contributed by atoms with E-state index in [0.717, 1.165) is 30.1 Å². The number of anilines is 1. The second-order valence-electron chi connectivity index (χ2n) is 8.31. The second kappa shape index (κ2) is 9.85. The van der Waals surface area contributed by atoms with Crippen LogP contribution < -0.4 is 15.1 Å². The molecule has 0 aliphatic carbocycles. The summed E-state index contributed by atoms with van der Waals surface area (Å²) in [7, 11) is -2.34. The van der Waals surface area contributed by atoms with E-state index >= 15 is 0 Å². The monoisotopic (exact) mass is 550 g/mol. The van der Waals surface area contributed by atoms with Gasteiger partial charge in [0, 0.05) is 18.1 Å². The summed E-state index contributed by atoms with van der Waals surface area (Å²) in [6.07, 6.45) is -1.47. The number of carbonyl (C=O) groups is 2. The summed E-state index contributed by atoms with van der Waals surface area (Å²) in [6, 6.07) is 8.24. The maximum absolute atomic E-state index is 13.0. The number of ether oxygens (including phenoxy) is 1. The van der Waals surface area contributed by atoms with Crippen molar-refractivity contribution in [1.29, 1.82) is 0 Å². The first-order valence-corrected chi connectivity index (χ1v) is 12.8. The molecular weight excluding hydrogens is 529 g/mol. The van der Waals surface area contributed by atoms with Crippen LogP contribution in [-0.4, -0.2) is 56.0 Å². The fourth-order valence-electron chi connectivity index (χ4n) is 3.67. The Kier molecular flexibility index (Phi) is 6.93. The number of benzene rings is 2. The molecule has 1 aliphatic heterocycles. The number of imidazole rings is 1. The Morgan fingerprint density at radius 1 is 1.16 bits per heavy atom. The van der Waals surface area contributed by atoms with Crippen LogP contribution in [0.3, 0.4) is 0 Å². The highest BCUT2D eigenvalue weighted by atomic mass is 32.2. The topological polar surface area (TPSA) is 131 Å². The lowest BCUT2D eigenvalue weighted by Crippen LogP contribution is -2.53. The van der Waals surface area contributed by atoms with Gasteiger partial charge in [-0.15, -0.1) is 0 Å². The number of sulfone groups is 1. The number of aryl methyl sites for hydroxylation is 1. The molecule has 0 saturated heterocycles. The lowest BCUT2D eigenvalue weighted by atomic mass is 10.1. The van der Waals surface area contributed by atoms with Gasteiger partial charge in [0.15, 0.2) is 16.0 Å². The smallest absolute Gasteiger partial charge is 0.493 e. The summed E-state index contributed by atoms with van der Waals surface area (Å²) in [5.74, 6) is -2.26. The van der Waals surface area contributed by atoms with Gasteiger partial charge in [0.2, 0.25) is 0 Å². The molecule has 1 unspecified atom stereocenters. The van der Waals surface area contributed by atoms with Crippen molar-refractivity contribution in [2.75, 3.05) is 18.4 Å². The molecule has 2 aromatic carbocycles. The van der Waals surface area contributed by atoms with Gasteiger partial charge in [-0.25, -0.2) is 18.2 Å². The van der Waals surface area contributed by atoms with Crippen molar-refractivity contribution in [2.45, 2.75) is 24.2 Å². The number of hydrogen-bond donors (Lipinski definition) is 2. The number of fused-ring (bicyclic) bond motifs is 1. The van der Waals surface area contributed by atoms with Gasteiger partial charge < -0.3 is 19.9 Å². The summed E-state index contributed by atoms with van der Waals surface area (Å²) in [6.45, 7) is 1.84. The average Bonchev–Trinajstić information content (AvgIpc) is 3.28. The highest BCUT2D eigenvalue weighted by Gasteiger charge is 2.45. The van der Waals surface area contributed by atoms with Gasteiger partial charge in [0.05, 0.1) is 28.8 Å². The van der Waals surface area contributed by atoms with Crippen LogP contribution in [-0.2, 0) is 19.5 Å². The third kappa shape index (κ3) is 5.49. The average molecular weight is 551 g/mol. The Labute approximate surface area is 214 Å². The number of methoxy groups -OCH3 is 1. The van der Waals surface area contributed by atoms with E-state index in [2.05, 4.69) is 20.1 Å². The Morgan fingerprint density at radius 2 is 1.87 bits per heavy atom. The van der Waals surface area contributed by atoms with Crippen LogP contribution in [0.15, 0.2) is 53.6 Å². The number of carbonyl (C=O) groups excluding carboxylic acids is 2. The number of alkyl halides is 3. The van der Waals surface area contributed by atoms with Gasteiger partial charge in [0.25, 0.3) is 5.91 Å². The number of nitrogens with zero attached hydrogens (tertiary/aromatic N) is 2. The molecule has 14 heteroatoms. The number of nitrogens with one attached hydrogen (secondary N) is 2. The summed E-state index contributed by atoms with van der Waals surface area (Å²) in [5.41, 5.74) is 1.52. The SMILES string of the molecule is COc1cc(C=CC2NC(=O)c3ccc(S(C)(=O)=O)cc3N2OC(=O)C(F)(F)F)ccc1-c1ncc(C)[nH]1. The predicted molar refractivity (Wildman–Crippen MR) is 130 cm³/mol. The Morgan fingerprint density at radius 3 is 2.47 bits per heavy atom. The zero-order valence-electron chi connectivity index (χ0n) is 20.2. The minimum Gasteiger partial charge on any atom is -0.496 e. The van der Waals surface area contributed by atoms with Crippen LogP contribution >= 0.6 is 0 Å². The van der Waals surface area contributed by atoms with Gasteiger partial charge in [-0.2, -0.15) is 18.2 Å². The molecule has 0 fully saturated rings. The summed E-state index contributed by atoms with van der Waals surface area (Å²) in [4.78, 5) is 36.1. The maximum Gasteiger partial charge on any atom is 0.493 e. The molecule has 3 aromatic rings. The Bertz CT molecular complexity index is 1550. The molecule has 38 heavy (non-hydrogen) atoms. The quantitative estimate of drug-likeness (QED) is 0.478. The molecule has 2 N–H and O–H groups in total. The van der Waals surface area contributed by atoms with Gasteiger partial charge in [0.1, 0.15) is 11.6 Å². The van der Waals surface area contributed by atoms with Crippen LogP contribution in [0.4, 0.5) is 18.9 Å². The van der Waals surface area contributed by atoms with E-state index < -0.39 is 34.1 Å². The van der Waals surface area contributed by atoms with Crippen molar-refractivity contribution in [2.24, 2.45) is 0 Å². The van der Waals surface area contributed by atoms with E-state index in [9.17, 15) is 31.2 Å². The van der Waals surface area contributed by atoms with Gasteiger partial charge in [-0.05, 0) is 48.9 Å². The van der Waals surface area contributed by atoms with Gasteiger partial charge in [-0.1, -0.05) is 12.1 Å². The van der Waals surface area contributed by atoms with Crippen molar-refractivity contribution in [3.63, 3.8) is 0 Å². The molecule has 1 atom stereocenters. The van der Waals surface area contributed by atoms with E-state index in [1.165, 1.54) is 19.3 Å². The minimum atomic E-state index is -5.35. The number of aromatic nitrogens is 2. The van der Waals surface area contributed by atoms with E-state index in [4.69, 9.17) is 4.74 Å². The molecule has 1 amide bonds. The van der Waals surface area contributed by atoms with E-state index in [0.29, 0.717) is 27.8 Å². The van der Waals surface area contributed by atoms with Crippen LogP contribution in [0.2, 0.25) is 0 Å². The van der Waals surface area contributed by atoms with Crippen LogP contribution in [0.25, 0.3) is 17.5 Å². The number of hydrogen-bond acceptors (Lipinski definition) is 8. The molecular formula is C24H21F3N4O6S. The zero-order chi connectivity index (χ0) is 27.8. The normalized spacial score (nSPS) is 15.8. The fraction of sp³-hybridized carbons (Fsp3) is 0.208. The van der Waals surface area contributed by atoms with Crippen molar-refractivity contribution in [1.82, 2.24) is 15.3 Å². The standard InChI is InChI=1S/C24H21F3N4O6S/c1-13-12-28-21(29-13)17-7-4-14(10-19(17)36-2)5-9-20-30-22(32)16-8-6-15(38(3,34)35)11-18(16)31(20)37-23(33)24(25,26)27/h4-12,20H,1-3H3,(H,28,29)(H,30,32). The first kappa shape index (κ1) is 26.7. The largest absolute Gasteiger partial charge is 0.496 e. The van der Waals surface area contributed by atoms with Gasteiger partial charge >= 0.3 is 12.1 Å². The summed E-state index contributed by atoms with van der Waals surface area (Å²) < 4.78 is 68.6. The molecule has 1 aromatic heterocycles. The second-order valence-corrected chi connectivity index (χ2v) is 10.3. The number of rotatable bonds is 6. The molecule has 0 saturated carbocycles. The zero-order valence-corrected chi connectivity index (χ0v) is 21.0. The third-order valence-corrected chi connectivity index (χ3v) is 6.59. The summed E-state index contributed by atoms with van der Waals surface area (Å²) >= 11 is 0. The first-order valence-electron chi connectivity index (χ1n) is 10.9. The van der Waals surface area contributed by atoms with Crippen LogP contribution in [0.5, 0.6) is 5.75 Å². The number of amides is 1. The minimum absolute atomic E-state index is 0.184. The maximum atomic E-state index is 13.0. The number of halogens is 3. The summed E-state index contributed by atoms with van der Waals surface area (Å²) in [5, 5.41) is 2.95. The van der Waals surface area contributed by atoms with Crippen molar-refractivity contribution in [3.8, 4) is 17.1 Å². The number of H-pyrrole nitrogens is 1. The van der Waals surface area contributed by atoms with E-state index in [1.54, 1.807) is 24.4 Å². The predicted octanol–water partition coefficient (Wildman–Crippen LogP) is 3.41. The van der Waals surface area contributed by atoms with E-state index in [1.807, 2.05) is 6.92 Å². The molecule has 0 bridgehead atoms. The van der Waals surface area contributed by atoms with Crippen LogP contribution in [0, 0.1) is 6.92 Å². The molecule has 200 valence electrons. The van der Waals surface area contributed by atoms with Crippen molar-refractivity contribution >= 4 is 33.5 Å². The number of aromatic amines is 1. The highest BCUT2D eigenvalue weighted by molar-refractivity contribution is 7.90. The van der Waals surface area contributed by atoms with Crippen LogP contribution in [0.1, 0.15) is 21.6 Å². The Balaban J connectivity index is 1.73. The van der Waals surface area contributed by atoms with Gasteiger partial charge in [-0.3, -0.25) is 4.79 Å². The highest BCUT2D eigenvalue weighted by Crippen LogP contribution is 2.33. The molecule has 10 nitrogen and oxygen atoms in total. The lowest BCUT2D eigenvalue weighted by molar-refractivity contribution is -0.202. The number of hydroxylamine groups is 1. The Hall–Kier alpha value is -4.33. The molecule has 0 radical (unpaired) electrons. The first-order chi connectivity index (χ1) is 17.8. The molecule has 4 rings (SSSR count).